The third kappa shape index (κ3) is 3.28. The van der Waals surface area contributed by atoms with Crippen LogP contribution >= 0.6 is 12.2 Å². The van der Waals surface area contributed by atoms with Gasteiger partial charge in [0, 0.05) is 13.1 Å². The van der Waals surface area contributed by atoms with Gasteiger partial charge in [0.2, 0.25) is 0 Å². The van der Waals surface area contributed by atoms with E-state index >= 15 is 0 Å². The largest absolute Gasteiger partial charge is 0.339 e. The molecule has 6 heteroatoms. The highest BCUT2D eigenvalue weighted by molar-refractivity contribution is 7.91. The van der Waals surface area contributed by atoms with Crippen molar-refractivity contribution in [3.63, 3.8) is 0 Å². The van der Waals surface area contributed by atoms with Gasteiger partial charge in [0.15, 0.2) is 14.9 Å². The average Bonchev–Trinajstić information content (AvgIpc) is 3.03. The van der Waals surface area contributed by atoms with E-state index in [0.29, 0.717) is 13.1 Å². The molecule has 0 radical (unpaired) electrons. The zero-order valence-corrected chi connectivity index (χ0v) is 15.4. The van der Waals surface area contributed by atoms with Crippen LogP contribution in [-0.4, -0.2) is 46.9 Å². The Hall–Kier alpha value is -1.92. The first-order valence-electron chi connectivity index (χ1n) is 8.39. The molecule has 4 rings (SSSR count). The molecule has 0 unspecified atom stereocenters. The lowest BCUT2D eigenvalue weighted by molar-refractivity contribution is 0.306. The molecule has 25 heavy (non-hydrogen) atoms. The zero-order chi connectivity index (χ0) is 17.4. The summed E-state index contributed by atoms with van der Waals surface area (Å²) >= 11 is 5.75. The second-order valence-electron chi connectivity index (χ2n) is 6.72. The van der Waals surface area contributed by atoms with Gasteiger partial charge in [-0.1, -0.05) is 60.7 Å². The molecule has 2 atom stereocenters. The first kappa shape index (κ1) is 16.5. The van der Waals surface area contributed by atoms with E-state index < -0.39 is 9.84 Å². The molecule has 4 nitrogen and oxygen atoms in total. The Labute approximate surface area is 154 Å². The molecule has 0 N–H and O–H groups in total. The van der Waals surface area contributed by atoms with E-state index in [2.05, 4.69) is 34.1 Å². The fraction of sp³-hybridized carbons (Fsp3) is 0.316. The summed E-state index contributed by atoms with van der Waals surface area (Å²) in [5, 5.41) is 0.762. The normalized spacial score (nSPS) is 24.6. The number of nitrogens with zero attached hydrogens (tertiary/aromatic N) is 2. The molecule has 2 aromatic rings. The second kappa shape index (κ2) is 6.42. The topological polar surface area (TPSA) is 40.6 Å². The van der Waals surface area contributed by atoms with Crippen LogP contribution in [0.1, 0.15) is 11.1 Å². The van der Waals surface area contributed by atoms with Crippen LogP contribution in [0.4, 0.5) is 0 Å². The average molecular weight is 373 g/mol. The van der Waals surface area contributed by atoms with E-state index in [-0.39, 0.29) is 23.6 Å². The monoisotopic (exact) mass is 372 g/mol. The summed E-state index contributed by atoms with van der Waals surface area (Å²) in [6.45, 7) is 1.31. The predicted octanol–water partition coefficient (Wildman–Crippen LogP) is 2.45. The van der Waals surface area contributed by atoms with Gasteiger partial charge in [0.25, 0.3) is 0 Å². The van der Waals surface area contributed by atoms with Gasteiger partial charge < -0.3 is 9.80 Å². The third-order valence-electron chi connectivity index (χ3n) is 4.98. The Kier molecular flexibility index (Phi) is 4.25. The van der Waals surface area contributed by atoms with Crippen molar-refractivity contribution in [3.05, 3.63) is 71.8 Å². The van der Waals surface area contributed by atoms with Gasteiger partial charge in [0.1, 0.15) is 0 Å². The molecule has 2 fully saturated rings. The molecule has 0 bridgehead atoms. The number of rotatable bonds is 4. The van der Waals surface area contributed by atoms with E-state index in [9.17, 15) is 8.42 Å². The minimum absolute atomic E-state index is 0.0542. The van der Waals surface area contributed by atoms with Crippen LogP contribution in [0.3, 0.4) is 0 Å². The van der Waals surface area contributed by atoms with Crippen molar-refractivity contribution >= 4 is 27.2 Å². The SMILES string of the molecule is O=S1(=O)C[C@H]2[C@H](C1)N(Cc1ccccc1)C(=S)N2Cc1ccccc1. The lowest BCUT2D eigenvalue weighted by Gasteiger charge is -2.25. The molecule has 2 aliphatic rings. The standard InChI is InChI=1S/C19H20N2O2S2/c22-25(23)13-17-18(14-25)21(12-16-9-5-2-6-10-16)19(24)20(17)11-15-7-3-1-4-8-15/h1-10,17-18H,11-14H2/t17-,18-/m0/s1. The minimum Gasteiger partial charge on any atom is -0.339 e. The van der Waals surface area contributed by atoms with E-state index in [1.165, 1.54) is 0 Å². The van der Waals surface area contributed by atoms with Crippen LogP contribution in [0.5, 0.6) is 0 Å². The maximum atomic E-state index is 12.3. The summed E-state index contributed by atoms with van der Waals surface area (Å²) < 4.78 is 24.5. The number of fused-ring (bicyclic) bond motifs is 1. The van der Waals surface area contributed by atoms with Gasteiger partial charge in [-0.05, 0) is 23.3 Å². The molecule has 2 aromatic carbocycles. The van der Waals surface area contributed by atoms with Crippen molar-refractivity contribution in [1.82, 2.24) is 9.80 Å². The molecule has 0 aromatic heterocycles. The van der Waals surface area contributed by atoms with Crippen LogP contribution in [0.15, 0.2) is 60.7 Å². The number of hydrogen-bond acceptors (Lipinski definition) is 3. The predicted molar refractivity (Wildman–Crippen MR) is 103 cm³/mol. The van der Waals surface area contributed by atoms with E-state index in [1.54, 1.807) is 0 Å². The molecule has 0 amide bonds. The van der Waals surface area contributed by atoms with Crippen molar-refractivity contribution < 1.29 is 8.42 Å². The second-order valence-corrected chi connectivity index (χ2v) is 9.24. The van der Waals surface area contributed by atoms with Crippen LogP contribution in [-0.2, 0) is 22.9 Å². The highest BCUT2D eigenvalue weighted by Crippen LogP contribution is 2.33. The fourth-order valence-electron chi connectivity index (χ4n) is 3.78. The molecule has 2 saturated heterocycles. The Morgan fingerprint density at radius 1 is 0.800 bits per heavy atom. The molecule has 2 aliphatic heterocycles. The van der Waals surface area contributed by atoms with Gasteiger partial charge in [-0.15, -0.1) is 0 Å². The maximum absolute atomic E-state index is 12.3. The van der Waals surface area contributed by atoms with Crippen molar-refractivity contribution in [3.8, 4) is 0 Å². The molecule has 0 spiro atoms. The van der Waals surface area contributed by atoms with E-state index in [0.717, 1.165) is 16.2 Å². The van der Waals surface area contributed by atoms with Crippen molar-refractivity contribution in [2.75, 3.05) is 11.5 Å². The Bertz CT molecular complexity index is 803. The van der Waals surface area contributed by atoms with Gasteiger partial charge in [-0.2, -0.15) is 0 Å². The first-order valence-corrected chi connectivity index (χ1v) is 10.6. The van der Waals surface area contributed by atoms with Gasteiger partial charge in [-0.25, -0.2) is 8.42 Å². The molecule has 0 saturated carbocycles. The number of hydrogen-bond donors (Lipinski definition) is 0. The van der Waals surface area contributed by atoms with Gasteiger partial charge in [0.05, 0.1) is 23.6 Å². The summed E-state index contributed by atoms with van der Waals surface area (Å²) in [4.78, 5) is 4.20. The van der Waals surface area contributed by atoms with Gasteiger partial charge in [-0.3, -0.25) is 0 Å². The van der Waals surface area contributed by atoms with Crippen molar-refractivity contribution in [2.45, 2.75) is 25.2 Å². The highest BCUT2D eigenvalue weighted by Gasteiger charge is 2.51. The van der Waals surface area contributed by atoms with Crippen LogP contribution < -0.4 is 0 Å². The van der Waals surface area contributed by atoms with Crippen molar-refractivity contribution in [1.29, 1.82) is 0 Å². The lowest BCUT2D eigenvalue weighted by Crippen LogP contribution is -2.36. The Morgan fingerprint density at radius 3 is 1.60 bits per heavy atom. The summed E-state index contributed by atoms with van der Waals surface area (Å²) in [6.07, 6.45) is 0. The lowest BCUT2D eigenvalue weighted by atomic mass is 10.1. The number of benzene rings is 2. The van der Waals surface area contributed by atoms with E-state index in [4.69, 9.17) is 12.2 Å². The molecule has 0 aliphatic carbocycles. The van der Waals surface area contributed by atoms with Crippen LogP contribution in [0, 0.1) is 0 Å². The van der Waals surface area contributed by atoms with Gasteiger partial charge >= 0.3 is 0 Å². The van der Waals surface area contributed by atoms with Crippen molar-refractivity contribution in [2.24, 2.45) is 0 Å². The zero-order valence-electron chi connectivity index (χ0n) is 13.8. The highest BCUT2D eigenvalue weighted by atomic mass is 32.2. The van der Waals surface area contributed by atoms with Crippen LogP contribution in [0.2, 0.25) is 0 Å². The Balaban J connectivity index is 1.63. The quantitative estimate of drug-likeness (QED) is 0.771. The van der Waals surface area contributed by atoms with Crippen LogP contribution in [0.25, 0.3) is 0 Å². The summed E-state index contributed by atoms with van der Waals surface area (Å²) in [5.41, 5.74) is 2.30. The molecular formula is C19H20N2O2S2. The number of sulfone groups is 1. The Morgan fingerprint density at radius 2 is 1.20 bits per heavy atom. The summed E-state index contributed by atoms with van der Waals surface area (Å²) in [6, 6.07) is 20.1. The summed E-state index contributed by atoms with van der Waals surface area (Å²) in [7, 11) is -3.02. The molecular weight excluding hydrogens is 352 g/mol. The smallest absolute Gasteiger partial charge is 0.172 e. The first-order chi connectivity index (χ1) is 12.0. The molecule has 2 heterocycles. The molecule has 130 valence electrons. The third-order valence-corrected chi connectivity index (χ3v) is 7.14. The van der Waals surface area contributed by atoms with E-state index in [1.807, 2.05) is 36.4 Å². The maximum Gasteiger partial charge on any atom is 0.172 e. The minimum atomic E-state index is -3.02. The fourth-order valence-corrected chi connectivity index (χ4v) is 6.17. The summed E-state index contributed by atoms with van der Waals surface area (Å²) in [5.74, 6) is 0.381. The number of thiocarbonyl (C=S) groups is 1.